The van der Waals surface area contributed by atoms with E-state index >= 15 is 0 Å². The van der Waals surface area contributed by atoms with Crippen LogP contribution in [0.2, 0.25) is 0 Å². The fourth-order valence-electron chi connectivity index (χ4n) is 7.82. The van der Waals surface area contributed by atoms with Crippen molar-refractivity contribution in [3.05, 3.63) is 11.6 Å². The Labute approximate surface area is 171 Å². The van der Waals surface area contributed by atoms with Crippen LogP contribution in [0.15, 0.2) is 16.8 Å². The van der Waals surface area contributed by atoms with Crippen LogP contribution in [0.25, 0.3) is 0 Å². The van der Waals surface area contributed by atoms with E-state index in [-0.39, 0.29) is 41.3 Å². The van der Waals surface area contributed by atoms with Crippen LogP contribution in [0, 0.1) is 34.5 Å². The van der Waals surface area contributed by atoms with E-state index in [0.29, 0.717) is 6.42 Å². The first kappa shape index (κ1) is 19.3. The van der Waals surface area contributed by atoms with Gasteiger partial charge in [-0.1, -0.05) is 24.1 Å². The van der Waals surface area contributed by atoms with E-state index in [0.717, 1.165) is 31.4 Å². The van der Waals surface area contributed by atoms with Crippen LogP contribution >= 0.6 is 0 Å². The molecule has 2 N–H and O–H groups in total. The van der Waals surface area contributed by atoms with Crippen LogP contribution in [0.3, 0.4) is 0 Å². The lowest BCUT2D eigenvalue weighted by Gasteiger charge is -2.58. The van der Waals surface area contributed by atoms with Crippen LogP contribution in [0.4, 0.5) is 0 Å². The topological polar surface area (TPSA) is 90.0 Å². The minimum atomic E-state index is -1.58. The lowest BCUT2D eigenvalue weighted by Crippen LogP contribution is -2.61. The smallest absolute Gasteiger partial charge is 0.190 e. The molecule has 3 fully saturated rings. The van der Waals surface area contributed by atoms with E-state index in [1.807, 2.05) is 18.7 Å². The molecule has 4 aliphatic carbocycles. The van der Waals surface area contributed by atoms with E-state index in [1.165, 1.54) is 5.57 Å². The molecule has 0 aromatic carbocycles. The molecule has 1 unspecified atom stereocenters. The molecule has 1 aliphatic heterocycles. The van der Waals surface area contributed by atoms with Crippen LogP contribution in [-0.2, 0) is 9.59 Å². The molecule has 0 bridgehead atoms. The molecule has 0 spiro atoms. The van der Waals surface area contributed by atoms with Crippen molar-refractivity contribution in [3.63, 3.8) is 0 Å². The minimum Gasteiger partial charge on any atom is -0.388 e. The quantitative estimate of drug-likeness (QED) is 0.692. The van der Waals surface area contributed by atoms with Gasteiger partial charge in [0.15, 0.2) is 19.0 Å². The first-order valence-corrected chi connectivity index (χ1v) is 10.9. The van der Waals surface area contributed by atoms with E-state index < -0.39 is 23.4 Å². The van der Waals surface area contributed by atoms with Gasteiger partial charge >= 0.3 is 0 Å². The number of aliphatic hydroxyl groups excluding tert-OH is 1. The average molecular weight is 400 g/mol. The first-order chi connectivity index (χ1) is 13.6. The minimum absolute atomic E-state index is 0.0620. The zero-order valence-electron chi connectivity index (χ0n) is 17.5. The fourth-order valence-corrected chi connectivity index (χ4v) is 7.82. The number of carbonyl (C=O) groups is 2. The predicted molar refractivity (Wildman–Crippen MR) is 108 cm³/mol. The lowest BCUT2D eigenvalue weighted by atomic mass is 9.45. The van der Waals surface area contributed by atoms with Crippen molar-refractivity contribution in [1.29, 1.82) is 0 Å². The maximum absolute atomic E-state index is 13.6. The van der Waals surface area contributed by atoms with Crippen molar-refractivity contribution in [2.45, 2.75) is 58.0 Å². The molecular formula is C23H31N2O4+. The number of hydrogen-bond acceptors (Lipinski definition) is 5. The van der Waals surface area contributed by atoms with Crippen molar-refractivity contribution in [3.8, 4) is 0 Å². The number of allylic oxidation sites excluding steroid dienone is 2. The summed E-state index contributed by atoms with van der Waals surface area (Å²) in [6.07, 6.45) is 8.44. The van der Waals surface area contributed by atoms with Gasteiger partial charge < -0.3 is 10.2 Å². The van der Waals surface area contributed by atoms with Gasteiger partial charge in [-0.05, 0) is 60.5 Å². The van der Waals surface area contributed by atoms with Crippen molar-refractivity contribution >= 4 is 23.5 Å². The van der Waals surface area contributed by atoms with Crippen molar-refractivity contribution in [1.82, 2.24) is 0 Å². The molecule has 3 saturated carbocycles. The van der Waals surface area contributed by atoms with Gasteiger partial charge in [-0.3, -0.25) is 9.59 Å². The molecule has 156 valence electrons. The van der Waals surface area contributed by atoms with Gasteiger partial charge in [0.25, 0.3) is 0 Å². The predicted octanol–water partition coefficient (Wildman–Crippen LogP) is 1.73. The van der Waals surface area contributed by atoms with Gasteiger partial charge in [-0.2, -0.15) is 0 Å². The van der Waals surface area contributed by atoms with E-state index in [2.05, 4.69) is 24.3 Å². The summed E-state index contributed by atoms with van der Waals surface area (Å²) < 4.78 is 1.88. The number of Topliss-reactive ketones (excluding diaryl/α,β-unsaturated/α-hetero) is 2. The van der Waals surface area contributed by atoms with Gasteiger partial charge in [-0.15, -0.1) is 0 Å². The molecule has 6 nitrogen and oxygen atoms in total. The largest absolute Gasteiger partial charge is 0.388 e. The first-order valence-electron chi connectivity index (χ1n) is 10.9. The molecule has 5 aliphatic rings. The monoisotopic (exact) mass is 399 g/mol. The Balaban J connectivity index is 1.54. The highest BCUT2D eigenvalue weighted by atomic mass is 16.3. The van der Waals surface area contributed by atoms with Crippen LogP contribution in [0.1, 0.15) is 52.4 Å². The molecule has 29 heavy (non-hydrogen) atoms. The Morgan fingerprint density at radius 2 is 2.10 bits per heavy atom. The number of hydrazone groups is 1. The number of aliphatic hydroxyl groups is 2. The number of fused-ring (bicyclic) bond motifs is 6. The maximum atomic E-state index is 13.6. The van der Waals surface area contributed by atoms with Gasteiger partial charge in [0.2, 0.25) is 0 Å². The molecule has 6 heteroatoms. The third-order valence-corrected chi connectivity index (χ3v) is 9.20. The summed E-state index contributed by atoms with van der Waals surface area (Å²) in [5, 5.41) is 25.3. The van der Waals surface area contributed by atoms with Crippen LogP contribution < -0.4 is 0 Å². The molecular weight excluding hydrogens is 368 g/mol. The summed E-state index contributed by atoms with van der Waals surface area (Å²) in [4.78, 5) is 26.1. The Kier molecular flexibility index (Phi) is 3.96. The summed E-state index contributed by atoms with van der Waals surface area (Å²) in [5.41, 5.74) is -0.0967. The van der Waals surface area contributed by atoms with Gasteiger partial charge in [0, 0.05) is 17.8 Å². The second-order valence-corrected chi connectivity index (χ2v) is 10.5. The Hall–Kier alpha value is -1.66. The number of nitrogens with zero attached hydrogens (tertiary/aromatic N) is 2. The lowest BCUT2D eigenvalue weighted by molar-refractivity contribution is -0.495. The SMILES string of the molecule is C[N+]1=CC2C[C@@]3(C)C(=CC2=N1)CC[C@@H]1[C@@H]3C(=O)C[C@@]2(C)[C@H]1CC[C@]2(O)C(=O)CO. The van der Waals surface area contributed by atoms with Crippen molar-refractivity contribution in [2.24, 2.45) is 39.6 Å². The average Bonchev–Trinajstić information content (AvgIpc) is 3.14. The van der Waals surface area contributed by atoms with Gasteiger partial charge in [-0.25, -0.2) is 0 Å². The molecule has 0 aromatic heterocycles. The van der Waals surface area contributed by atoms with E-state index in [1.54, 1.807) is 0 Å². The highest BCUT2D eigenvalue weighted by Gasteiger charge is 2.68. The van der Waals surface area contributed by atoms with Crippen LogP contribution in [0.5, 0.6) is 0 Å². The molecule has 7 atom stereocenters. The summed E-state index contributed by atoms with van der Waals surface area (Å²) in [7, 11) is 1.95. The molecule has 0 amide bonds. The van der Waals surface area contributed by atoms with Crippen molar-refractivity contribution < 1.29 is 24.5 Å². The Bertz CT molecular complexity index is 905. The molecule has 0 radical (unpaired) electrons. The number of carbonyl (C=O) groups excluding carboxylic acids is 2. The summed E-state index contributed by atoms with van der Waals surface area (Å²) >= 11 is 0. The second kappa shape index (κ2) is 5.94. The number of hydrogen-bond donors (Lipinski definition) is 2. The Morgan fingerprint density at radius 3 is 2.83 bits per heavy atom. The summed E-state index contributed by atoms with van der Waals surface area (Å²) in [6, 6.07) is 0. The highest BCUT2D eigenvalue weighted by Crippen LogP contribution is 2.66. The fraction of sp³-hybridized carbons (Fsp3) is 0.739. The van der Waals surface area contributed by atoms with Gasteiger partial charge in [0.05, 0.1) is 5.92 Å². The summed E-state index contributed by atoms with van der Waals surface area (Å²) in [6.45, 7) is 3.49. The van der Waals surface area contributed by atoms with E-state index in [9.17, 15) is 19.8 Å². The zero-order valence-corrected chi connectivity index (χ0v) is 17.5. The second-order valence-electron chi connectivity index (χ2n) is 10.5. The third-order valence-electron chi connectivity index (χ3n) is 9.20. The number of rotatable bonds is 2. The third kappa shape index (κ3) is 2.30. The molecule has 1 heterocycles. The normalized spacial score (nSPS) is 48.0. The highest BCUT2D eigenvalue weighted by molar-refractivity contribution is 6.08. The number of ketones is 2. The van der Waals surface area contributed by atoms with Gasteiger partial charge in [0.1, 0.15) is 23.7 Å². The Morgan fingerprint density at radius 1 is 1.34 bits per heavy atom. The molecule has 5 rings (SSSR count). The maximum Gasteiger partial charge on any atom is 0.190 e. The zero-order chi connectivity index (χ0) is 20.8. The standard InChI is InChI=1S/C23H31N2O4/c1-21-9-13-11-25(3)24-17(13)8-14(21)4-5-15-16-6-7-23(29,19(28)12-26)22(16,2)10-18(27)20(15)21/h8,11,13,15-16,20,26,29H,4-7,9-10,12H2,1-3H3/q+1/t13?,15-,16-,20+,21-,22-,23-/m0/s1. The molecule has 0 saturated heterocycles. The van der Waals surface area contributed by atoms with E-state index in [4.69, 9.17) is 0 Å². The summed E-state index contributed by atoms with van der Waals surface area (Å²) in [5.74, 6) is 0.159. The molecule has 0 aromatic rings. The van der Waals surface area contributed by atoms with Crippen LogP contribution in [-0.4, -0.2) is 57.6 Å². The van der Waals surface area contributed by atoms with Crippen molar-refractivity contribution in [2.75, 3.05) is 13.7 Å².